The van der Waals surface area contributed by atoms with E-state index < -0.39 is 42.2 Å². The van der Waals surface area contributed by atoms with Gasteiger partial charge in [0.1, 0.15) is 0 Å². The van der Waals surface area contributed by atoms with E-state index in [9.17, 15) is 29.1 Å². The number of barbiturate groups is 1. The molecule has 1 rings (SSSR count). The summed E-state index contributed by atoms with van der Waals surface area (Å²) >= 11 is 0. The molecule has 126 valence electrons. The summed E-state index contributed by atoms with van der Waals surface area (Å²) in [5.41, 5.74) is 0. The number of carbonyl (C=O) groups is 5. The maximum absolute atomic E-state index is 12.1. The number of nitrogens with one attached hydrogen (secondary N) is 3. The highest BCUT2D eigenvalue weighted by Gasteiger charge is 2.40. The highest BCUT2D eigenvalue weighted by atomic mass is 16.4. The quantitative estimate of drug-likeness (QED) is 0.302. The van der Waals surface area contributed by atoms with E-state index in [0.29, 0.717) is 6.42 Å². The Balaban J connectivity index is 2.62. The number of carboxylic acids is 1. The highest BCUT2D eigenvalue weighted by Crippen LogP contribution is 2.09. The van der Waals surface area contributed by atoms with Gasteiger partial charge in [0.15, 0.2) is 12.1 Å². The molecule has 0 radical (unpaired) electrons. The van der Waals surface area contributed by atoms with E-state index in [0.717, 1.165) is 17.5 Å². The molecule has 0 aliphatic carbocycles. The fourth-order valence-corrected chi connectivity index (χ4v) is 1.81. The summed E-state index contributed by atoms with van der Waals surface area (Å²) in [7, 11) is 0. The molecule has 1 aliphatic heterocycles. The molecule has 5 amide bonds. The predicted octanol–water partition coefficient (Wildman–Crippen LogP) is -4.50. The largest absolute Gasteiger partial charge is 0.548 e. The van der Waals surface area contributed by atoms with Crippen molar-refractivity contribution in [1.29, 1.82) is 0 Å². The van der Waals surface area contributed by atoms with Crippen LogP contribution in [-0.4, -0.2) is 60.5 Å². The Morgan fingerprint density at radius 1 is 1.39 bits per heavy atom. The molecule has 3 N–H and O–H groups in total. The average Bonchev–Trinajstić information content (AvgIpc) is 2.48. The molecule has 1 atom stereocenters. The lowest BCUT2D eigenvalue weighted by Gasteiger charge is -2.27. The van der Waals surface area contributed by atoms with Crippen LogP contribution in [0.25, 0.3) is 0 Å². The number of carbonyl (C=O) groups excluding carboxylic acids is 5. The molecule has 0 unspecified atom stereocenters. The second-order valence-electron chi connectivity index (χ2n) is 4.81. The standard InChI is InChI=1S/C13H18N4O6/c1-2-3-4-17-12(22)8(11(21)16-13(17)23)5-14-6-9(18)15-7-10(19)20/h5,8H,2-4,6-7H2,1H3,(H,15,18)(H,19,20)(H,16,21,23)/t8-/m1/s1. The van der Waals surface area contributed by atoms with Gasteiger partial charge in [-0.25, -0.2) is 9.79 Å². The second kappa shape index (κ2) is 8.61. The minimum Gasteiger partial charge on any atom is -0.548 e. The van der Waals surface area contributed by atoms with Crippen LogP contribution in [0.4, 0.5) is 4.79 Å². The Morgan fingerprint density at radius 2 is 2.09 bits per heavy atom. The lowest BCUT2D eigenvalue weighted by Crippen LogP contribution is -2.75. The number of unbranched alkanes of at least 4 members (excludes halogenated alkanes) is 1. The van der Waals surface area contributed by atoms with Gasteiger partial charge in [-0.05, 0) is 6.42 Å². The first-order valence-electron chi connectivity index (χ1n) is 7.06. The first-order chi connectivity index (χ1) is 10.9. The molecular weight excluding hydrogens is 308 g/mol. The number of urea groups is 1. The van der Waals surface area contributed by atoms with E-state index in [-0.39, 0.29) is 13.1 Å². The molecule has 0 spiro atoms. The summed E-state index contributed by atoms with van der Waals surface area (Å²) in [5.74, 6) is -4.77. The van der Waals surface area contributed by atoms with Crippen molar-refractivity contribution < 1.29 is 34.1 Å². The monoisotopic (exact) mass is 326 g/mol. The van der Waals surface area contributed by atoms with Crippen molar-refractivity contribution in [3.63, 3.8) is 0 Å². The zero-order valence-electron chi connectivity index (χ0n) is 12.6. The van der Waals surface area contributed by atoms with Crippen molar-refractivity contribution >= 4 is 35.9 Å². The van der Waals surface area contributed by atoms with Gasteiger partial charge < -0.3 is 15.2 Å². The van der Waals surface area contributed by atoms with E-state index in [4.69, 9.17) is 0 Å². The summed E-state index contributed by atoms with van der Waals surface area (Å²) in [6, 6.07) is -0.759. The molecule has 23 heavy (non-hydrogen) atoms. The van der Waals surface area contributed by atoms with Crippen LogP contribution < -0.4 is 20.7 Å². The molecule has 10 heteroatoms. The Morgan fingerprint density at radius 3 is 2.70 bits per heavy atom. The van der Waals surface area contributed by atoms with E-state index in [2.05, 4.69) is 15.6 Å². The molecule has 0 bridgehead atoms. The normalized spacial score (nSPS) is 18.2. The van der Waals surface area contributed by atoms with Crippen LogP contribution in [0.15, 0.2) is 0 Å². The first-order valence-corrected chi connectivity index (χ1v) is 7.06. The fraction of sp³-hybridized carbons (Fsp3) is 0.538. The molecule has 1 heterocycles. The van der Waals surface area contributed by atoms with Crippen molar-refractivity contribution in [2.75, 3.05) is 19.6 Å². The number of hydrogen-bond donors (Lipinski definition) is 3. The van der Waals surface area contributed by atoms with Crippen molar-refractivity contribution in [1.82, 2.24) is 15.5 Å². The second-order valence-corrected chi connectivity index (χ2v) is 4.81. The molecule has 0 aromatic rings. The predicted molar refractivity (Wildman–Crippen MR) is 73.6 cm³/mol. The molecule has 10 nitrogen and oxygen atoms in total. The lowest BCUT2D eigenvalue weighted by atomic mass is 10.1. The third-order valence-electron chi connectivity index (χ3n) is 3.00. The van der Waals surface area contributed by atoms with Gasteiger partial charge in [-0.2, -0.15) is 0 Å². The van der Waals surface area contributed by atoms with Crippen LogP contribution in [0.2, 0.25) is 0 Å². The zero-order valence-corrected chi connectivity index (χ0v) is 12.6. The topological polar surface area (TPSA) is 150 Å². The van der Waals surface area contributed by atoms with Crippen molar-refractivity contribution in [2.45, 2.75) is 19.8 Å². The van der Waals surface area contributed by atoms with Crippen LogP contribution in [0.1, 0.15) is 19.8 Å². The first kappa shape index (κ1) is 18.3. The van der Waals surface area contributed by atoms with Crippen molar-refractivity contribution in [3.05, 3.63) is 0 Å². The van der Waals surface area contributed by atoms with Crippen LogP contribution in [0.5, 0.6) is 0 Å². The summed E-state index contributed by atoms with van der Waals surface area (Å²) in [5, 5.41) is 14.3. The smallest absolute Gasteiger partial charge is 0.330 e. The minimum atomic E-state index is -1.44. The molecule has 0 aromatic carbocycles. The number of aliphatic carboxylic acids is 1. The summed E-state index contributed by atoms with van der Waals surface area (Å²) in [4.78, 5) is 60.3. The molecule has 1 saturated heterocycles. The van der Waals surface area contributed by atoms with E-state index >= 15 is 0 Å². The number of imide groups is 2. The van der Waals surface area contributed by atoms with E-state index in [1.165, 1.54) is 0 Å². The summed E-state index contributed by atoms with van der Waals surface area (Å²) in [6.45, 7) is 1.13. The fourth-order valence-electron chi connectivity index (χ4n) is 1.81. The minimum absolute atomic E-state index is 0.199. The van der Waals surface area contributed by atoms with Gasteiger partial charge in [0.2, 0.25) is 6.54 Å². The molecule has 1 fully saturated rings. The summed E-state index contributed by atoms with van der Waals surface area (Å²) < 4.78 is 0. The van der Waals surface area contributed by atoms with Crippen LogP contribution in [-0.2, 0) is 19.2 Å². The number of amides is 5. The maximum atomic E-state index is 12.1. The number of nitrogens with zero attached hydrogens (tertiary/aromatic N) is 1. The van der Waals surface area contributed by atoms with Crippen LogP contribution in [0.3, 0.4) is 0 Å². The lowest BCUT2D eigenvalue weighted by molar-refractivity contribution is -0.440. The third-order valence-corrected chi connectivity index (χ3v) is 3.00. The number of hydrogen-bond acceptors (Lipinski definition) is 6. The SMILES string of the molecule is CCCCN1C(=O)NC(=O)[C@@H](C=[NH+]CC(=O)NCC(=O)[O-])C1=O. The highest BCUT2D eigenvalue weighted by molar-refractivity contribution is 6.22. The van der Waals surface area contributed by atoms with Gasteiger partial charge in [-0.3, -0.25) is 24.6 Å². The van der Waals surface area contributed by atoms with Gasteiger partial charge in [0.05, 0.1) is 12.5 Å². The Hall–Kier alpha value is -2.78. The van der Waals surface area contributed by atoms with Crippen molar-refractivity contribution in [3.8, 4) is 0 Å². The zero-order chi connectivity index (χ0) is 17.4. The Labute approximate surface area is 131 Å². The molecule has 0 aromatic heterocycles. The molecular formula is C13H18N4O6. The average molecular weight is 326 g/mol. The summed E-state index contributed by atoms with van der Waals surface area (Å²) in [6.07, 6.45) is 2.48. The van der Waals surface area contributed by atoms with Crippen LogP contribution in [0, 0.1) is 5.92 Å². The van der Waals surface area contributed by atoms with Gasteiger partial charge in [0.25, 0.3) is 17.7 Å². The third kappa shape index (κ3) is 5.49. The van der Waals surface area contributed by atoms with E-state index in [1.807, 2.05) is 6.92 Å². The van der Waals surface area contributed by atoms with Gasteiger partial charge in [0, 0.05) is 6.54 Å². The van der Waals surface area contributed by atoms with E-state index in [1.54, 1.807) is 0 Å². The van der Waals surface area contributed by atoms with Crippen LogP contribution >= 0.6 is 0 Å². The Kier molecular flexibility index (Phi) is 6.84. The maximum Gasteiger partial charge on any atom is 0.330 e. The van der Waals surface area contributed by atoms with Gasteiger partial charge in [-0.15, -0.1) is 0 Å². The Bertz CT molecular complexity index is 545. The molecule has 0 saturated carbocycles. The molecule has 1 aliphatic rings. The number of rotatable bonds is 8. The van der Waals surface area contributed by atoms with Crippen molar-refractivity contribution in [2.24, 2.45) is 5.92 Å². The van der Waals surface area contributed by atoms with Gasteiger partial charge in [-0.1, -0.05) is 13.3 Å². The van der Waals surface area contributed by atoms with Gasteiger partial charge >= 0.3 is 6.03 Å². The number of carboxylic acid groups (broad SMARTS) is 1.